The molecule has 27 heavy (non-hydrogen) atoms. The molecule has 1 amide bonds. The van der Waals surface area contributed by atoms with Gasteiger partial charge in [-0.25, -0.2) is 4.39 Å². The summed E-state index contributed by atoms with van der Waals surface area (Å²) < 4.78 is 25.2. The maximum absolute atomic E-state index is 13.8. The molecule has 1 aliphatic rings. The molecule has 0 radical (unpaired) electrons. The number of phenolic OH excluding ortho intramolecular Hbond substituents is 1. The van der Waals surface area contributed by atoms with Gasteiger partial charge in [0.15, 0.2) is 11.6 Å². The summed E-state index contributed by atoms with van der Waals surface area (Å²) in [6.45, 7) is 1.80. The van der Waals surface area contributed by atoms with Crippen LogP contribution in [0.15, 0.2) is 42.5 Å². The highest BCUT2D eigenvalue weighted by atomic mass is 19.1. The van der Waals surface area contributed by atoms with Crippen molar-refractivity contribution in [2.24, 2.45) is 0 Å². The summed E-state index contributed by atoms with van der Waals surface area (Å²) in [5.74, 6) is -1.57. The van der Waals surface area contributed by atoms with E-state index in [2.05, 4.69) is 5.32 Å². The fraction of sp³-hybridized carbons (Fsp3) is 0.381. The third-order valence-electron chi connectivity index (χ3n) is 4.47. The zero-order valence-corrected chi connectivity index (χ0v) is 15.1. The van der Waals surface area contributed by atoms with Gasteiger partial charge in [0.1, 0.15) is 0 Å². The van der Waals surface area contributed by atoms with E-state index in [1.165, 1.54) is 24.6 Å². The van der Waals surface area contributed by atoms with E-state index in [0.717, 1.165) is 25.0 Å². The van der Waals surface area contributed by atoms with Crippen LogP contribution in [-0.4, -0.2) is 30.3 Å². The molecule has 0 spiro atoms. The monoisotopic (exact) mass is 373 g/mol. The van der Waals surface area contributed by atoms with Crippen LogP contribution in [-0.2, 0) is 27.3 Å². The van der Waals surface area contributed by atoms with Gasteiger partial charge in [0.25, 0.3) is 0 Å². The smallest absolute Gasteiger partial charge is 0.228 e. The molecule has 1 saturated heterocycles. The Balaban J connectivity index is 1.50. The summed E-state index contributed by atoms with van der Waals surface area (Å²) in [4.78, 5) is 12.2. The van der Waals surface area contributed by atoms with Crippen LogP contribution in [0.4, 0.5) is 10.1 Å². The molecular formula is C21H24FNO4. The Labute approximate surface area is 158 Å². The second-order valence-corrected chi connectivity index (χ2v) is 6.68. The summed E-state index contributed by atoms with van der Waals surface area (Å²) >= 11 is 0. The Kier molecular flexibility index (Phi) is 6.79. The van der Waals surface area contributed by atoms with Gasteiger partial charge in [0.05, 0.1) is 25.7 Å². The fourth-order valence-electron chi connectivity index (χ4n) is 3.07. The molecule has 1 atom stereocenters. The molecule has 0 bridgehead atoms. The molecule has 5 nitrogen and oxygen atoms in total. The van der Waals surface area contributed by atoms with Gasteiger partial charge in [0, 0.05) is 17.9 Å². The van der Waals surface area contributed by atoms with Crippen molar-refractivity contribution in [2.45, 2.75) is 38.4 Å². The van der Waals surface area contributed by atoms with Gasteiger partial charge < -0.3 is 19.9 Å². The van der Waals surface area contributed by atoms with Crippen LogP contribution in [0.5, 0.6) is 5.75 Å². The predicted molar refractivity (Wildman–Crippen MR) is 100 cm³/mol. The van der Waals surface area contributed by atoms with Crippen LogP contribution >= 0.6 is 0 Å². The van der Waals surface area contributed by atoms with Crippen molar-refractivity contribution in [1.82, 2.24) is 0 Å². The van der Waals surface area contributed by atoms with Gasteiger partial charge in [0.2, 0.25) is 5.91 Å². The highest BCUT2D eigenvalue weighted by Gasteiger charge is 2.14. The number of ether oxygens (including phenoxy) is 2. The molecule has 2 aromatic carbocycles. The first-order valence-electron chi connectivity index (χ1n) is 9.16. The van der Waals surface area contributed by atoms with Gasteiger partial charge in [-0.15, -0.1) is 0 Å². The molecule has 6 heteroatoms. The second-order valence-electron chi connectivity index (χ2n) is 6.68. The first kappa shape index (κ1) is 19.3. The molecule has 1 heterocycles. The Morgan fingerprint density at radius 3 is 2.93 bits per heavy atom. The number of phenols is 1. The number of carbonyl (C=O) groups is 1. The molecule has 2 aromatic rings. The van der Waals surface area contributed by atoms with E-state index in [0.29, 0.717) is 18.9 Å². The lowest BCUT2D eigenvalue weighted by molar-refractivity contribution is -0.115. The Bertz CT molecular complexity index is 775. The SMILES string of the molecule is O=C(Cc1cccc(O)c1F)Nc1cccc(COC[C@@H]2CCCCO2)c1. The van der Waals surface area contributed by atoms with Crippen molar-refractivity contribution < 1.29 is 23.8 Å². The molecule has 0 saturated carbocycles. The summed E-state index contributed by atoms with van der Waals surface area (Å²) in [6.07, 6.45) is 3.33. The minimum absolute atomic E-state index is 0.152. The van der Waals surface area contributed by atoms with Crippen molar-refractivity contribution in [3.63, 3.8) is 0 Å². The van der Waals surface area contributed by atoms with Crippen LogP contribution in [0.3, 0.4) is 0 Å². The highest BCUT2D eigenvalue weighted by Crippen LogP contribution is 2.20. The average molecular weight is 373 g/mol. The van der Waals surface area contributed by atoms with Crippen molar-refractivity contribution in [2.75, 3.05) is 18.5 Å². The lowest BCUT2D eigenvalue weighted by atomic mass is 10.1. The van der Waals surface area contributed by atoms with Crippen molar-refractivity contribution in [3.8, 4) is 5.75 Å². The van der Waals surface area contributed by atoms with Gasteiger partial charge in [-0.3, -0.25) is 4.79 Å². The Hall–Kier alpha value is -2.44. The van der Waals surface area contributed by atoms with Gasteiger partial charge in [-0.2, -0.15) is 0 Å². The first-order valence-corrected chi connectivity index (χ1v) is 9.16. The fourth-order valence-corrected chi connectivity index (χ4v) is 3.07. The summed E-state index contributed by atoms with van der Waals surface area (Å²) in [6, 6.07) is 11.6. The molecule has 2 N–H and O–H groups in total. The minimum atomic E-state index is -0.764. The van der Waals surface area contributed by atoms with E-state index < -0.39 is 11.6 Å². The average Bonchev–Trinajstić information content (AvgIpc) is 2.67. The summed E-state index contributed by atoms with van der Waals surface area (Å²) in [5.41, 5.74) is 1.71. The number of aromatic hydroxyl groups is 1. The lowest BCUT2D eigenvalue weighted by Crippen LogP contribution is -2.24. The van der Waals surface area contributed by atoms with Gasteiger partial charge >= 0.3 is 0 Å². The van der Waals surface area contributed by atoms with E-state index in [1.54, 1.807) is 6.07 Å². The molecular weight excluding hydrogens is 349 g/mol. The number of rotatable bonds is 7. The number of hydrogen-bond acceptors (Lipinski definition) is 4. The zero-order chi connectivity index (χ0) is 19.1. The quantitative estimate of drug-likeness (QED) is 0.775. The van der Waals surface area contributed by atoms with Crippen LogP contribution < -0.4 is 5.32 Å². The summed E-state index contributed by atoms with van der Waals surface area (Å²) in [7, 11) is 0. The minimum Gasteiger partial charge on any atom is -0.505 e. The number of benzene rings is 2. The number of amides is 1. The second kappa shape index (κ2) is 9.48. The number of anilines is 1. The van der Waals surface area contributed by atoms with E-state index in [1.807, 2.05) is 18.2 Å². The molecule has 0 aromatic heterocycles. The maximum Gasteiger partial charge on any atom is 0.228 e. The third kappa shape index (κ3) is 5.77. The van der Waals surface area contributed by atoms with Crippen LogP contribution in [0.25, 0.3) is 0 Å². The van der Waals surface area contributed by atoms with Gasteiger partial charge in [-0.05, 0) is 43.0 Å². The molecule has 0 aliphatic carbocycles. The normalized spacial score (nSPS) is 16.9. The van der Waals surface area contributed by atoms with Crippen LogP contribution in [0.1, 0.15) is 30.4 Å². The zero-order valence-electron chi connectivity index (χ0n) is 15.1. The molecule has 3 rings (SSSR count). The maximum atomic E-state index is 13.8. The van der Waals surface area contributed by atoms with Crippen molar-refractivity contribution >= 4 is 11.6 Å². The summed E-state index contributed by atoms with van der Waals surface area (Å²) in [5, 5.41) is 12.1. The lowest BCUT2D eigenvalue weighted by Gasteiger charge is -2.22. The van der Waals surface area contributed by atoms with E-state index in [4.69, 9.17) is 9.47 Å². The highest BCUT2D eigenvalue weighted by molar-refractivity contribution is 5.92. The van der Waals surface area contributed by atoms with Crippen molar-refractivity contribution in [1.29, 1.82) is 0 Å². The third-order valence-corrected chi connectivity index (χ3v) is 4.47. The number of hydrogen-bond donors (Lipinski definition) is 2. The standard InChI is InChI=1S/C21H24FNO4/c22-21-16(6-4-9-19(21)24)12-20(25)23-17-7-3-5-15(11-17)13-26-14-18-8-1-2-10-27-18/h3-7,9,11,18,24H,1-2,8,10,12-14H2,(H,23,25)/t18-/m0/s1. The van der Waals surface area contributed by atoms with E-state index in [9.17, 15) is 14.3 Å². The molecule has 1 aliphatic heterocycles. The Morgan fingerprint density at radius 2 is 2.11 bits per heavy atom. The predicted octanol–water partition coefficient (Wildman–Crippen LogP) is 3.80. The molecule has 1 fully saturated rings. The Morgan fingerprint density at radius 1 is 1.26 bits per heavy atom. The van der Waals surface area contributed by atoms with Gasteiger partial charge in [-0.1, -0.05) is 24.3 Å². The van der Waals surface area contributed by atoms with E-state index >= 15 is 0 Å². The molecule has 0 unspecified atom stereocenters. The van der Waals surface area contributed by atoms with Crippen LogP contribution in [0.2, 0.25) is 0 Å². The van der Waals surface area contributed by atoms with Crippen LogP contribution in [0, 0.1) is 5.82 Å². The number of carbonyl (C=O) groups excluding carboxylic acids is 1. The largest absolute Gasteiger partial charge is 0.505 e. The number of nitrogens with one attached hydrogen (secondary N) is 1. The van der Waals surface area contributed by atoms with E-state index in [-0.39, 0.29) is 24.0 Å². The topological polar surface area (TPSA) is 67.8 Å². The molecule has 144 valence electrons. The number of halogens is 1. The first-order chi connectivity index (χ1) is 13.1. The van der Waals surface area contributed by atoms with Crippen molar-refractivity contribution in [3.05, 3.63) is 59.4 Å².